The summed E-state index contributed by atoms with van der Waals surface area (Å²) < 4.78 is 7.69. The molecule has 0 aliphatic carbocycles. The summed E-state index contributed by atoms with van der Waals surface area (Å²) in [5, 5.41) is 0. The molecule has 0 saturated carbocycles. The van der Waals surface area contributed by atoms with E-state index < -0.39 is 0 Å². The number of pyridine rings is 1. The van der Waals surface area contributed by atoms with Gasteiger partial charge in [0.1, 0.15) is 5.69 Å². The van der Waals surface area contributed by atoms with Crippen molar-refractivity contribution in [3.8, 4) is 0 Å². The Bertz CT molecular complexity index is 923. The van der Waals surface area contributed by atoms with Crippen LogP contribution in [0, 0.1) is 12.8 Å². The molecule has 1 atom stereocenters. The summed E-state index contributed by atoms with van der Waals surface area (Å²) in [6.07, 6.45) is 8.17. The first-order chi connectivity index (χ1) is 12.7. The number of aromatic nitrogens is 4. The molecule has 1 amide bonds. The van der Waals surface area contributed by atoms with Gasteiger partial charge in [-0.25, -0.2) is 9.97 Å². The second-order valence-electron chi connectivity index (χ2n) is 6.63. The van der Waals surface area contributed by atoms with Crippen molar-refractivity contribution in [1.29, 1.82) is 0 Å². The molecule has 0 unspecified atom stereocenters. The second-order valence-corrected chi connectivity index (χ2v) is 6.63. The minimum absolute atomic E-state index is 0.0396. The van der Waals surface area contributed by atoms with Gasteiger partial charge in [0, 0.05) is 43.3 Å². The van der Waals surface area contributed by atoms with E-state index in [9.17, 15) is 4.79 Å². The van der Waals surface area contributed by atoms with Crippen LogP contribution in [0.4, 0.5) is 0 Å². The van der Waals surface area contributed by atoms with E-state index in [0.29, 0.717) is 32.0 Å². The van der Waals surface area contributed by atoms with E-state index in [-0.39, 0.29) is 11.8 Å². The quantitative estimate of drug-likeness (QED) is 0.719. The van der Waals surface area contributed by atoms with E-state index in [1.165, 1.54) is 0 Å². The van der Waals surface area contributed by atoms with Gasteiger partial charge >= 0.3 is 0 Å². The fourth-order valence-corrected chi connectivity index (χ4v) is 3.28. The normalized spacial score (nSPS) is 18.0. The van der Waals surface area contributed by atoms with Gasteiger partial charge in [0.25, 0.3) is 5.91 Å². The van der Waals surface area contributed by atoms with Crippen LogP contribution < -0.4 is 0 Å². The number of aryl methyl sites for hydroxylation is 1. The summed E-state index contributed by atoms with van der Waals surface area (Å²) >= 11 is 0. The predicted molar refractivity (Wildman–Crippen MR) is 95.9 cm³/mol. The average molecular weight is 351 g/mol. The van der Waals surface area contributed by atoms with Crippen LogP contribution in [0.25, 0.3) is 5.65 Å². The minimum Gasteiger partial charge on any atom is -0.379 e. The molecule has 0 N–H and O–H groups in total. The molecule has 0 radical (unpaired) electrons. The monoisotopic (exact) mass is 351 g/mol. The van der Waals surface area contributed by atoms with Crippen molar-refractivity contribution in [3.63, 3.8) is 0 Å². The van der Waals surface area contributed by atoms with Gasteiger partial charge in [-0.15, -0.1) is 0 Å². The van der Waals surface area contributed by atoms with Gasteiger partial charge in [0.05, 0.1) is 25.1 Å². The number of hydrogen-bond donors (Lipinski definition) is 0. The Morgan fingerprint density at radius 3 is 3.15 bits per heavy atom. The van der Waals surface area contributed by atoms with Crippen molar-refractivity contribution >= 4 is 11.6 Å². The zero-order valence-electron chi connectivity index (χ0n) is 14.7. The maximum atomic E-state index is 12.8. The van der Waals surface area contributed by atoms with Crippen LogP contribution in [-0.4, -0.2) is 56.5 Å². The Morgan fingerprint density at radius 2 is 2.27 bits per heavy atom. The number of amides is 1. The largest absolute Gasteiger partial charge is 0.379 e. The van der Waals surface area contributed by atoms with Gasteiger partial charge in [0.2, 0.25) is 0 Å². The third-order valence-corrected chi connectivity index (χ3v) is 4.56. The second kappa shape index (κ2) is 7.21. The van der Waals surface area contributed by atoms with Crippen LogP contribution in [0.5, 0.6) is 0 Å². The van der Waals surface area contributed by atoms with E-state index >= 15 is 0 Å². The molecule has 0 bridgehead atoms. The minimum atomic E-state index is -0.0396. The predicted octanol–water partition coefficient (Wildman–Crippen LogP) is 1.76. The summed E-state index contributed by atoms with van der Waals surface area (Å²) in [6.45, 7) is 4.27. The molecule has 7 heteroatoms. The van der Waals surface area contributed by atoms with Crippen molar-refractivity contribution in [1.82, 2.24) is 24.3 Å². The molecule has 3 aromatic rings. The molecule has 1 fully saturated rings. The summed E-state index contributed by atoms with van der Waals surface area (Å²) in [5.74, 6) is 0.155. The number of fused-ring (bicyclic) bond motifs is 1. The lowest BCUT2D eigenvalue weighted by Gasteiger charge is -2.23. The van der Waals surface area contributed by atoms with Crippen molar-refractivity contribution in [2.45, 2.75) is 13.3 Å². The summed E-state index contributed by atoms with van der Waals surface area (Å²) in [4.78, 5) is 27.7. The molecule has 7 nitrogen and oxygen atoms in total. The van der Waals surface area contributed by atoms with Gasteiger partial charge in [-0.3, -0.25) is 9.78 Å². The van der Waals surface area contributed by atoms with E-state index in [0.717, 1.165) is 23.5 Å². The highest BCUT2D eigenvalue weighted by Gasteiger charge is 2.24. The molecule has 26 heavy (non-hydrogen) atoms. The first-order valence-corrected chi connectivity index (χ1v) is 8.77. The van der Waals surface area contributed by atoms with Crippen molar-refractivity contribution in [3.05, 3.63) is 60.1 Å². The number of nitrogens with zero attached hydrogens (tertiary/aromatic N) is 5. The third kappa shape index (κ3) is 3.57. The van der Waals surface area contributed by atoms with Gasteiger partial charge in [0.15, 0.2) is 5.65 Å². The van der Waals surface area contributed by atoms with Crippen LogP contribution in [0.1, 0.15) is 21.9 Å². The first-order valence-electron chi connectivity index (χ1n) is 8.77. The van der Waals surface area contributed by atoms with Gasteiger partial charge < -0.3 is 14.0 Å². The van der Waals surface area contributed by atoms with E-state index in [2.05, 4.69) is 15.0 Å². The number of hydrogen-bond acceptors (Lipinski definition) is 5. The highest BCUT2D eigenvalue weighted by molar-refractivity contribution is 5.92. The van der Waals surface area contributed by atoms with Crippen molar-refractivity contribution in [2.24, 2.45) is 5.92 Å². The van der Waals surface area contributed by atoms with Gasteiger partial charge in [-0.1, -0.05) is 6.07 Å². The van der Waals surface area contributed by atoms with Crippen molar-refractivity contribution < 1.29 is 9.53 Å². The van der Waals surface area contributed by atoms with Crippen LogP contribution >= 0.6 is 0 Å². The Morgan fingerprint density at radius 1 is 1.35 bits per heavy atom. The summed E-state index contributed by atoms with van der Waals surface area (Å²) in [6, 6.07) is 5.53. The number of carbonyl (C=O) groups is 1. The lowest BCUT2D eigenvalue weighted by molar-refractivity contribution is 0.0731. The third-order valence-electron chi connectivity index (χ3n) is 4.56. The van der Waals surface area contributed by atoms with Crippen LogP contribution in [0.15, 0.2) is 43.0 Å². The number of rotatable bonds is 3. The fourth-order valence-electron chi connectivity index (χ4n) is 3.28. The molecule has 0 aromatic carbocycles. The van der Waals surface area contributed by atoms with E-state index in [4.69, 9.17) is 4.74 Å². The van der Waals surface area contributed by atoms with E-state index in [1.54, 1.807) is 18.5 Å². The molecule has 4 rings (SSSR count). The van der Waals surface area contributed by atoms with Crippen LogP contribution in [0.3, 0.4) is 0 Å². The van der Waals surface area contributed by atoms with Crippen LogP contribution in [0.2, 0.25) is 0 Å². The van der Waals surface area contributed by atoms with Gasteiger partial charge in [-0.05, 0) is 25.5 Å². The maximum Gasteiger partial charge on any atom is 0.272 e. The molecule has 0 spiro atoms. The number of carbonyl (C=O) groups excluding carboxylic acids is 1. The molecule has 134 valence electrons. The van der Waals surface area contributed by atoms with Crippen LogP contribution in [-0.2, 0) is 11.2 Å². The summed E-state index contributed by atoms with van der Waals surface area (Å²) in [7, 11) is 0. The first kappa shape index (κ1) is 16.7. The average Bonchev–Trinajstić information content (AvgIpc) is 2.99. The smallest absolute Gasteiger partial charge is 0.272 e. The Labute approximate surface area is 151 Å². The molecule has 1 aliphatic rings. The molecule has 1 aliphatic heterocycles. The highest BCUT2D eigenvalue weighted by Crippen LogP contribution is 2.15. The highest BCUT2D eigenvalue weighted by atomic mass is 16.5. The lowest BCUT2D eigenvalue weighted by atomic mass is 10.0. The van der Waals surface area contributed by atoms with Gasteiger partial charge in [-0.2, -0.15) is 0 Å². The maximum absolute atomic E-state index is 12.8. The number of imidazole rings is 1. The number of ether oxygens (including phenoxy) is 1. The zero-order valence-corrected chi connectivity index (χ0v) is 14.7. The summed E-state index contributed by atoms with van der Waals surface area (Å²) in [5.41, 5.74) is 3.13. The molecule has 3 aromatic heterocycles. The van der Waals surface area contributed by atoms with Crippen molar-refractivity contribution in [2.75, 3.05) is 26.3 Å². The molecule has 4 heterocycles. The fraction of sp³-hybridized carbons (Fsp3) is 0.368. The van der Waals surface area contributed by atoms with E-state index in [1.807, 2.05) is 40.8 Å². The topological polar surface area (TPSA) is 72.6 Å². The Kier molecular flexibility index (Phi) is 4.62. The standard InChI is InChI=1S/C19H21N5O2/c1-14-3-2-4-17(22-14)19(25)24-7-8-26-13-15(11-24)9-16-12-23-6-5-20-18(23)10-21-16/h2-6,10,12,15H,7-9,11,13H2,1H3/t15-/m1/s1. The molecular weight excluding hydrogens is 330 g/mol. The lowest BCUT2D eigenvalue weighted by Crippen LogP contribution is -2.37. The Balaban J connectivity index is 1.49. The Hall–Kier alpha value is -2.80. The molecular formula is C19H21N5O2. The SMILES string of the molecule is Cc1cccc(C(=O)N2CCOC[C@H](Cc3cn4ccnc4cn3)C2)n1. The molecule has 1 saturated heterocycles. The zero-order chi connectivity index (χ0) is 17.9.